The molecule has 1 fully saturated rings. The molecule has 0 radical (unpaired) electrons. The summed E-state index contributed by atoms with van der Waals surface area (Å²) in [5.74, 6) is -0.221. The van der Waals surface area contributed by atoms with E-state index in [1.807, 2.05) is 0 Å². The summed E-state index contributed by atoms with van der Waals surface area (Å²) in [5, 5.41) is 30.5. The van der Waals surface area contributed by atoms with Crippen molar-refractivity contribution in [2.24, 2.45) is 5.92 Å². The summed E-state index contributed by atoms with van der Waals surface area (Å²) in [4.78, 5) is 23.0. The van der Waals surface area contributed by atoms with Crippen LogP contribution in [0.15, 0.2) is 11.6 Å². The summed E-state index contributed by atoms with van der Waals surface area (Å²) in [7, 11) is 0. The van der Waals surface area contributed by atoms with E-state index in [1.165, 1.54) is 6.08 Å². The van der Waals surface area contributed by atoms with Gasteiger partial charge in [-0.3, -0.25) is 14.9 Å². The van der Waals surface area contributed by atoms with Crippen LogP contribution < -0.4 is 5.32 Å². The zero-order valence-electron chi connectivity index (χ0n) is 9.81. The highest BCUT2D eigenvalue weighted by Gasteiger charge is 2.48. The first kappa shape index (κ1) is 13.7. The summed E-state index contributed by atoms with van der Waals surface area (Å²) in [5.41, 5.74) is -0.0395. The van der Waals surface area contributed by atoms with Gasteiger partial charge in [0, 0.05) is 0 Å². The molecule has 19 heavy (non-hydrogen) atoms. The summed E-state index contributed by atoms with van der Waals surface area (Å²) < 4.78 is 5.24. The minimum Gasteiger partial charge on any atom is -0.394 e. The molecule has 7 nitrogen and oxygen atoms in total. The van der Waals surface area contributed by atoms with Crippen molar-refractivity contribution in [2.45, 2.75) is 24.4 Å². The van der Waals surface area contributed by atoms with Crippen LogP contribution in [0.5, 0.6) is 0 Å². The van der Waals surface area contributed by atoms with Gasteiger partial charge in [-0.1, -0.05) is 5.92 Å². The van der Waals surface area contributed by atoms with Gasteiger partial charge in [-0.15, -0.1) is 6.42 Å². The Balaban J connectivity index is 2.27. The van der Waals surface area contributed by atoms with Gasteiger partial charge in [0.05, 0.1) is 18.1 Å². The van der Waals surface area contributed by atoms with Crippen molar-refractivity contribution in [3.8, 4) is 12.3 Å². The second-order valence-corrected chi connectivity index (χ2v) is 4.37. The summed E-state index contributed by atoms with van der Waals surface area (Å²) in [6.45, 7) is -0.492. The minimum absolute atomic E-state index is 0.0395. The number of carbonyl (C=O) groups excluding carboxylic acids is 2. The number of rotatable bonds is 2. The summed E-state index contributed by atoms with van der Waals surface area (Å²) in [6.07, 6.45) is 1.66. The number of terminal acetylenes is 1. The normalized spacial score (nSPS) is 38.6. The van der Waals surface area contributed by atoms with E-state index >= 15 is 0 Å². The lowest BCUT2D eigenvalue weighted by Crippen LogP contribution is -2.47. The van der Waals surface area contributed by atoms with Gasteiger partial charge in [-0.05, 0) is 6.08 Å². The predicted molar refractivity (Wildman–Crippen MR) is 61.3 cm³/mol. The monoisotopic (exact) mass is 267 g/mol. The quantitative estimate of drug-likeness (QED) is 0.319. The zero-order chi connectivity index (χ0) is 14.2. The molecule has 102 valence electrons. The fourth-order valence-electron chi connectivity index (χ4n) is 2.18. The Hall–Kier alpha value is -1.72. The molecule has 0 aromatic heterocycles. The van der Waals surface area contributed by atoms with Crippen molar-refractivity contribution in [2.75, 3.05) is 6.61 Å². The SMILES string of the molecule is C#CC1=CC(C2OC(CO)C(O)[C@@H]2O)C(=O)NC1=O. The van der Waals surface area contributed by atoms with Crippen molar-refractivity contribution in [1.29, 1.82) is 0 Å². The number of amides is 2. The average molecular weight is 267 g/mol. The second-order valence-electron chi connectivity index (χ2n) is 4.37. The molecule has 0 aliphatic carbocycles. The van der Waals surface area contributed by atoms with Gasteiger partial charge in [0.2, 0.25) is 5.91 Å². The lowest BCUT2D eigenvalue weighted by molar-refractivity contribution is -0.136. The van der Waals surface area contributed by atoms with Crippen molar-refractivity contribution in [3.63, 3.8) is 0 Å². The van der Waals surface area contributed by atoms with Crippen LogP contribution in [0, 0.1) is 18.3 Å². The fraction of sp³-hybridized carbons (Fsp3) is 0.500. The average Bonchev–Trinajstić information content (AvgIpc) is 2.67. The van der Waals surface area contributed by atoms with Gasteiger partial charge in [-0.25, -0.2) is 0 Å². The highest BCUT2D eigenvalue weighted by Crippen LogP contribution is 2.29. The number of aliphatic hydroxyl groups excluding tert-OH is 3. The minimum atomic E-state index is -1.35. The van der Waals surface area contributed by atoms with E-state index in [2.05, 4.69) is 11.2 Å². The molecule has 2 aliphatic rings. The van der Waals surface area contributed by atoms with E-state index in [0.717, 1.165) is 0 Å². The van der Waals surface area contributed by atoms with Gasteiger partial charge in [0.15, 0.2) is 0 Å². The van der Waals surface area contributed by atoms with Crippen LogP contribution in [-0.2, 0) is 14.3 Å². The largest absolute Gasteiger partial charge is 0.394 e. The van der Waals surface area contributed by atoms with Gasteiger partial charge in [0.25, 0.3) is 5.91 Å². The first-order chi connectivity index (χ1) is 8.99. The fourth-order valence-corrected chi connectivity index (χ4v) is 2.18. The second kappa shape index (κ2) is 5.11. The van der Waals surface area contributed by atoms with Gasteiger partial charge in [0.1, 0.15) is 24.4 Å². The van der Waals surface area contributed by atoms with Crippen LogP contribution in [-0.4, -0.2) is 58.2 Å². The molecule has 0 saturated carbocycles. The van der Waals surface area contributed by atoms with Gasteiger partial charge >= 0.3 is 0 Å². The van der Waals surface area contributed by atoms with Crippen LogP contribution in [0.1, 0.15) is 0 Å². The number of hydrogen-bond donors (Lipinski definition) is 4. The number of ether oxygens (including phenoxy) is 1. The van der Waals surface area contributed by atoms with Crippen molar-refractivity contribution in [1.82, 2.24) is 5.32 Å². The molecule has 0 spiro atoms. The van der Waals surface area contributed by atoms with Crippen molar-refractivity contribution in [3.05, 3.63) is 11.6 Å². The van der Waals surface area contributed by atoms with Crippen molar-refractivity contribution < 1.29 is 29.6 Å². The van der Waals surface area contributed by atoms with Crippen molar-refractivity contribution >= 4 is 11.8 Å². The Morgan fingerprint density at radius 3 is 2.58 bits per heavy atom. The van der Waals surface area contributed by atoms with Gasteiger partial charge < -0.3 is 20.1 Å². The predicted octanol–water partition coefficient (Wildman–Crippen LogP) is -2.70. The number of aliphatic hydroxyl groups is 3. The highest BCUT2D eigenvalue weighted by molar-refractivity contribution is 6.10. The number of nitrogens with one attached hydrogen (secondary N) is 1. The Labute approximate surface area is 108 Å². The summed E-state index contributed by atoms with van der Waals surface area (Å²) in [6, 6.07) is 0. The first-order valence-corrected chi connectivity index (χ1v) is 5.65. The molecule has 7 heteroatoms. The van der Waals surface area contributed by atoms with E-state index in [1.54, 1.807) is 0 Å². The first-order valence-electron chi connectivity index (χ1n) is 5.65. The maximum atomic E-state index is 11.7. The molecule has 5 atom stereocenters. The molecule has 2 heterocycles. The third-order valence-electron chi connectivity index (χ3n) is 3.22. The Morgan fingerprint density at radius 2 is 2.05 bits per heavy atom. The molecule has 2 aliphatic heterocycles. The number of hydrogen-bond acceptors (Lipinski definition) is 6. The molecule has 2 rings (SSSR count). The van der Waals surface area contributed by atoms with Crippen LogP contribution in [0.4, 0.5) is 0 Å². The van der Waals surface area contributed by atoms with E-state index in [4.69, 9.17) is 16.3 Å². The molecular formula is C12H13NO6. The molecular weight excluding hydrogens is 254 g/mol. The molecule has 0 aromatic carbocycles. The lowest BCUT2D eigenvalue weighted by atomic mass is 9.91. The maximum Gasteiger partial charge on any atom is 0.266 e. The molecule has 1 saturated heterocycles. The third-order valence-corrected chi connectivity index (χ3v) is 3.22. The lowest BCUT2D eigenvalue weighted by Gasteiger charge is -2.25. The molecule has 2 amide bonds. The van der Waals surface area contributed by atoms with Crippen LogP contribution >= 0.6 is 0 Å². The van der Waals surface area contributed by atoms with E-state index < -0.39 is 48.8 Å². The molecule has 0 aromatic rings. The van der Waals surface area contributed by atoms with E-state index in [0.29, 0.717) is 0 Å². The highest BCUT2D eigenvalue weighted by atomic mass is 16.6. The van der Waals surface area contributed by atoms with E-state index in [-0.39, 0.29) is 5.57 Å². The topological polar surface area (TPSA) is 116 Å². The van der Waals surface area contributed by atoms with Crippen LogP contribution in [0.25, 0.3) is 0 Å². The number of carbonyl (C=O) groups is 2. The Morgan fingerprint density at radius 1 is 1.37 bits per heavy atom. The van der Waals surface area contributed by atoms with Crippen LogP contribution in [0.2, 0.25) is 0 Å². The number of imide groups is 1. The Bertz CT molecular complexity index is 479. The zero-order valence-corrected chi connectivity index (χ0v) is 9.81. The van der Waals surface area contributed by atoms with Crippen LogP contribution in [0.3, 0.4) is 0 Å². The molecule has 4 N–H and O–H groups in total. The van der Waals surface area contributed by atoms with E-state index in [9.17, 15) is 19.8 Å². The Kier molecular flexibility index (Phi) is 3.68. The summed E-state index contributed by atoms with van der Waals surface area (Å²) >= 11 is 0. The third kappa shape index (κ3) is 2.27. The maximum absolute atomic E-state index is 11.7. The van der Waals surface area contributed by atoms with Gasteiger partial charge in [-0.2, -0.15) is 0 Å². The molecule has 0 bridgehead atoms. The molecule has 4 unspecified atom stereocenters. The smallest absolute Gasteiger partial charge is 0.266 e. The standard InChI is InChI=1S/C12H13NO6/c1-2-5-3-6(12(18)13-11(5)17)10-9(16)8(15)7(4-14)19-10/h1,3,6-10,14-16H,4H2,(H,13,17,18)/t6?,7?,8?,9-,10?/m0/s1.